The topological polar surface area (TPSA) is 95.9 Å². The number of esters is 1. The van der Waals surface area contributed by atoms with Crippen LogP contribution in [0.3, 0.4) is 0 Å². The minimum Gasteiger partial charge on any atom is -0.466 e. The lowest BCUT2D eigenvalue weighted by atomic mass is 10.0. The summed E-state index contributed by atoms with van der Waals surface area (Å²) in [6.07, 6.45) is 58.2. The molecule has 0 aromatic heterocycles. The van der Waals surface area contributed by atoms with E-state index in [0.717, 1.165) is 77.0 Å². The van der Waals surface area contributed by atoms with Gasteiger partial charge in [0.2, 0.25) is 5.91 Å². The van der Waals surface area contributed by atoms with Gasteiger partial charge >= 0.3 is 5.97 Å². The van der Waals surface area contributed by atoms with Crippen LogP contribution in [0.15, 0.2) is 48.6 Å². The largest absolute Gasteiger partial charge is 0.466 e. The maximum atomic E-state index is 12.4. The van der Waals surface area contributed by atoms with E-state index >= 15 is 0 Å². The Bertz CT molecular complexity index is 988. The third-order valence-electron chi connectivity index (χ3n) is 11.1. The smallest absolute Gasteiger partial charge is 0.305 e. The molecule has 0 aromatic carbocycles. The monoisotopic (exact) mass is 814 g/mol. The van der Waals surface area contributed by atoms with E-state index < -0.39 is 12.1 Å². The second-order valence-electron chi connectivity index (χ2n) is 16.8. The van der Waals surface area contributed by atoms with Gasteiger partial charge in [0.25, 0.3) is 0 Å². The molecule has 6 heteroatoms. The van der Waals surface area contributed by atoms with Gasteiger partial charge in [0.15, 0.2) is 0 Å². The second kappa shape index (κ2) is 47.5. The number of aliphatic hydroxyl groups excluding tert-OH is 2. The number of hydrogen-bond donors (Lipinski definition) is 3. The molecule has 2 atom stereocenters. The van der Waals surface area contributed by atoms with Crippen molar-refractivity contribution in [1.29, 1.82) is 0 Å². The Hall–Kier alpha value is -2.18. The lowest BCUT2D eigenvalue weighted by Gasteiger charge is -2.19. The first-order valence-electron chi connectivity index (χ1n) is 24.9. The molecule has 338 valence electrons. The fourth-order valence-electron chi connectivity index (χ4n) is 7.19. The van der Waals surface area contributed by atoms with E-state index in [2.05, 4.69) is 55.6 Å². The summed E-state index contributed by atoms with van der Waals surface area (Å²) in [5.74, 6) is -0.177. The lowest BCUT2D eigenvalue weighted by Crippen LogP contribution is -2.45. The van der Waals surface area contributed by atoms with Crippen LogP contribution in [0.2, 0.25) is 0 Å². The Morgan fingerprint density at radius 1 is 0.483 bits per heavy atom. The molecule has 0 saturated carbocycles. The highest BCUT2D eigenvalue weighted by Crippen LogP contribution is 2.14. The molecule has 0 rings (SSSR count). The molecule has 0 aliphatic carbocycles. The van der Waals surface area contributed by atoms with E-state index in [4.69, 9.17) is 4.74 Å². The number of rotatable bonds is 45. The zero-order valence-electron chi connectivity index (χ0n) is 38.3. The van der Waals surface area contributed by atoms with E-state index in [1.807, 2.05) is 6.08 Å². The van der Waals surface area contributed by atoms with Crippen molar-refractivity contribution in [1.82, 2.24) is 5.32 Å². The molecule has 3 N–H and O–H groups in total. The molecule has 0 bridgehead atoms. The van der Waals surface area contributed by atoms with Crippen molar-refractivity contribution in [2.24, 2.45) is 0 Å². The Kier molecular flexibility index (Phi) is 45.7. The van der Waals surface area contributed by atoms with Crippen molar-refractivity contribution in [3.05, 3.63) is 48.6 Å². The molecule has 1 amide bonds. The molecular weight excluding hydrogens is 719 g/mol. The summed E-state index contributed by atoms with van der Waals surface area (Å²) in [5, 5.41) is 23.0. The maximum absolute atomic E-state index is 12.4. The second-order valence-corrected chi connectivity index (χ2v) is 16.8. The van der Waals surface area contributed by atoms with Crippen LogP contribution in [0, 0.1) is 0 Å². The van der Waals surface area contributed by atoms with Crippen LogP contribution < -0.4 is 5.32 Å². The molecule has 0 heterocycles. The molecule has 6 nitrogen and oxygen atoms in total. The number of ether oxygens (including phenoxy) is 1. The van der Waals surface area contributed by atoms with E-state index in [-0.39, 0.29) is 18.5 Å². The Morgan fingerprint density at radius 2 is 0.879 bits per heavy atom. The third kappa shape index (κ3) is 43.4. The molecule has 58 heavy (non-hydrogen) atoms. The fraction of sp³-hybridized carbons (Fsp3) is 0.808. The van der Waals surface area contributed by atoms with Crippen molar-refractivity contribution < 1.29 is 24.5 Å². The molecule has 0 aliphatic rings. The van der Waals surface area contributed by atoms with E-state index in [9.17, 15) is 19.8 Å². The van der Waals surface area contributed by atoms with Crippen molar-refractivity contribution in [2.75, 3.05) is 13.2 Å². The first-order chi connectivity index (χ1) is 28.5. The fourth-order valence-corrected chi connectivity index (χ4v) is 7.19. The number of nitrogens with one attached hydrogen (secondary N) is 1. The first-order valence-corrected chi connectivity index (χ1v) is 24.9. The van der Waals surface area contributed by atoms with Gasteiger partial charge in [-0.1, -0.05) is 197 Å². The van der Waals surface area contributed by atoms with Crippen LogP contribution in [0.1, 0.15) is 245 Å². The predicted molar refractivity (Wildman–Crippen MR) is 250 cm³/mol. The van der Waals surface area contributed by atoms with Gasteiger partial charge in [-0.3, -0.25) is 9.59 Å². The van der Waals surface area contributed by atoms with Crippen molar-refractivity contribution in [3.63, 3.8) is 0 Å². The van der Waals surface area contributed by atoms with E-state index in [0.29, 0.717) is 19.4 Å². The summed E-state index contributed by atoms with van der Waals surface area (Å²) in [7, 11) is 0. The summed E-state index contributed by atoms with van der Waals surface area (Å²) in [6, 6.07) is -0.666. The molecule has 0 fully saturated rings. The van der Waals surface area contributed by atoms with Crippen LogP contribution in [0.5, 0.6) is 0 Å². The number of carbonyl (C=O) groups is 2. The van der Waals surface area contributed by atoms with Gasteiger partial charge in [0, 0.05) is 12.8 Å². The van der Waals surface area contributed by atoms with Crippen LogP contribution in [-0.4, -0.2) is 47.4 Å². The Labute approximate surface area is 359 Å². The molecule has 0 radical (unpaired) electrons. The van der Waals surface area contributed by atoms with Crippen molar-refractivity contribution >= 4 is 11.9 Å². The van der Waals surface area contributed by atoms with Gasteiger partial charge in [-0.2, -0.15) is 0 Å². The maximum Gasteiger partial charge on any atom is 0.305 e. The molecule has 0 saturated heterocycles. The molecule has 0 aromatic rings. The lowest BCUT2D eigenvalue weighted by molar-refractivity contribution is -0.143. The minimum atomic E-state index is -0.876. The van der Waals surface area contributed by atoms with Crippen LogP contribution in [0.25, 0.3) is 0 Å². The van der Waals surface area contributed by atoms with Crippen LogP contribution in [0.4, 0.5) is 0 Å². The molecule has 2 unspecified atom stereocenters. The van der Waals surface area contributed by atoms with Gasteiger partial charge in [-0.15, -0.1) is 0 Å². The zero-order valence-corrected chi connectivity index (χ0v) is 38.3. The van der Waals surface area contributed by atoms with Crippen LogP contribution in [-0.2, 0) is 14.3 Å². The average Bonchev–Trinajstić information content (AvgIpc) is 3.22. The highest BCUT2D eigenvalue weighted by atomic mass is 16.5. The summed E-state index contributed by atoms with van der Waals surface area (Å²) in [5.41, 5.74) is 0. The van der Waals surface area contributed by atoms with Gasteiger partial charge < -0.3 is 20.3 Å². The Balaban J connectivity index is 3.59. The van der Waals surface area contributed by atoms with Gasteiger partial charge in [-0.05, 0) is 83.5 Å². The summed E-state index contributed by atoms with van der Waals surface area (Å²) < 4.78 is 5.43. The quantitative estimate of drug-likeness (QED) is 0.0323. The normalized spacial score (nSPS) is 13.1. The van der Waals surface area contributed by atoms with Gasteiger partial charge in [0.05, 0.1) is 25.4 Å². The van der Waals surface area contributed by atoms with Crippen molar-refractivity contribution in [2.45, 2.75) is 257 Å². The average molecular weight is 814 g/mol. The van der Waals surface area contributed by atoms with Crippen molar-refractivity contribution in [3.8, 4) is 0 Å². The van der Waals surface area contributed by atoms with E-state index in [1.165, 1.54) is 141 Å². The minimum absolute atomic E-state index is 0.0468. The number of aliphatic hydroxyl groups is 2. The van der Waals surface area contributed by atoms with Gasteiger partial charge in [0.1, 0.15) is 0 Å². The number of hydrogen-bond acceptors (Lipinski definition) is 5. The Morgan fingerprint density at radius 3 is 1.40 bits per heavy atom. The summed E-state index contributed by atoms with van der Waals surface area (Å²) >= 11 is 0. The number of amides is 1. The third-order valence-corrected chi connectivity index (χ3v) is 11.1. The van der Waals surface area contributed by atoms with E-state index in [1.54, 1.807) is 6.08 Å². The molecular formula is C52H95NO5. The number of carbonyl (C=O) groups excluding carboxylic acids is 2. The summed E-state index contributed by atoms with van der Waals surface area (Å²) in [4.78, 5) is 24.4. The molecule has 0 aliphatic heterocycles. The highest BCUT2D eigenvalue weighted by molar-refractivity contribution is 5.76. The molecule has 0 spiro atoms. The first kappa shape index (κ1) is 55.8. The number of unbranched alkanes of at least 4 members (excludes halogenated alkanes) is 28. The zero-order chi connectivity index (χ0) is 42.3. The van der Waals surface area contributed by atoms with Crippen LogP contribution >= 0.6 is 0 Å². The highest BCUT2D eigenvalue weighted by Gasteiger charge is 2.17. The number of allylic oxidation sites excluding steroid dienone is 7. The van der Waals surface area contributed by atoms with Gasteiger partial charge in [-0.25, -0.2) is 0 Å². The summed E-state index contributed by atoms with van der Waals surface area (Å²) in [6.45, 7) is 4.77. The SMILES string of the molecule is CCCCC/C=C\C/C=C\CCCCCCCCCC(=O)OCCCCCC/C=C\CCCC(=O)NC(CO)C(O)/C=C/CCCCCCCCCCCCCCC. The standard InChI is InChI=1S/C52H95NO5/c1-3-5-7-9-11-13-15-17-19-20-22-24-26-30-34-38-42-46-52(57)58-47-43-39-35-31-27-29-33-37-41-45-51(56)53-49(48-54)50(55)44-40-36-32-28-25-23-21-18-16-14-12-10-8-6-4-2/h11,13,17,19,29,33,40,44,49-50,54-55H,3-10,12,14-16,18,20-28,30-32,34-39,41-43,45-48H2,1-2H3,(H,53,56)/b13-11-,19-17-,33-29-,44-40+. The predicted octanol–water partition coefficient (Wildman–Crippen LogP) is 14.7.